The summed E-state index contributed by atoms with van der Waals surface area (Å²) in [5, 5.41) is 21.2. The maximum absolute atomic E-state index is 11.6. The normalized spacial score (nSPS) is 11.2. The largest absolute Gasteiger partial charge is 0.480 e. The first kappa shape index (κ1) is 27.6. The highest BCUT2D eigenvalue weighted by Crippen LogP contribution is 2.13. The fraction of sp³-hybridized carbons (Fsp3) is 0.850. The van der Waals surface area contributed by atoms with E-state index in [4.69, 9.17) is 10.2 Å². The van der Waals surface area contributed by atoms with Gasteiger partial charge in [-0.25, -0.2) is 0 Å². The van der Waals surface area contributed by atoms with Crippen LogP contribution >= 0.6 is 0 Å². The standard InChI is InChI=1S/C17H33NO3.C3H7NO2/c1-3-4-5-6-7-8-9-10-11-12-13-15(2)17(21)18-14-16(19)20;1-4-2-3(5)6/h15H,3-14H2,1-2H3,(H,18,21)(H,19,20);4H,2H2,1H3,(H,5,6). The maximum Gasteiger partial charge on any atom is 0.322 e. The monoisotopic (exact) mass is 388 g/mol. The van der Waals surface area contributed by atoms with Crippen LogP contribution in [0.4, 0.5) is 0 Å². The fourth-order valence-corrected chi connectivity index (χ4v) is 2.56. The lowest BCUT2D eigenvalue weighted by Gasteiger charge is -2.10. The van der Waals surface area contributed by atoms with Crippen molar-refractivity contribution in [3.8, 4) is 0 Å². The van der Waals surface area contributed by atoms with Gasteiger partial charge < -0.3 is 20.8 Å². The summed E-state index contributed by atoms with van der Waals surface area (Å²) in [4.78, 5) is 31.5. The van der Waals surface area contributed by atoms with Crippen LogP contribution in [0.15, 0.2) is 0 Å². The number of likely N-dealkylation sites (N-methyl/N-ethyl adjacent to an activating group) is 1. The van der Waals surface area contributed by atoms with Crippen molar-refractivity contribution < 1.29 is 24.6 Å². The number of amides is 1. The number of carboxylic acid groups (broad SMARTS) is 2. The summed E-state index contributed by atoms with van der Waals surface area (Å²) in [6.45, 7) is 3.87. The smallest absolute Gasteiger partial charge is 0.322 e. The van der Waals surface area contributed by atoms with Crippen molar-refractivity contribution in [2.45, 2.75) is 84.5 Å². The predicted octanol–water partition coefficient (Wildman–Crippen LogP) is 3.42. The molecule has 0 aliphatic heterocycles. The van der Waals surface area contributed by atoms with E-state index in [-0.39, 0.29) is 24.9 Å². The molecule has 27 heavy (non-hydrogen) atoms. The first-order chi connectivity index (χ1) is 12.8. The molecule has 1 amide bonds. The highest BCUT2D eigenvalue weighted by molar-refractivity contribution is 5.82. The molecular formula is C20H40N2O5. The molecule has 0 bridgehead atoms. The van der Waals surface area contributed by atoms with Gasteiger partial charge in [0.2, 0.25) is 5.91 Å². The van der Waals surface area contributed by atoms with Crippen LogP contribution in [0.25, 0.3) is 0 Å². The van der Waals surface area contributed by atoms with Crippen LogP contribution in [-0.2, 0) is 14.4 Å². The summed E-state index contributed by atoms with van der Waals surface area (Å²) >= 11 is 0. The molecule has 0 spiro atoms. The zero-order valence-corrected chi connectivity index (χ0v) is 17.4. The average Bonchev–Trinajstić information content (AvgIpc) is 2.61. The topological polar surface area (TPSA) is 116 Å². The maximum atomic E-state index is 11.6. The molecule has 0 aromatic heterocycles. The van der Waals surface area contributed by atoms with Crippen LogP contribution in [0.5, 0.6) is 0 Å². The van der Waals surface area contributed by atoms with Crippen molar-refractivity contribution in [2.75, 3.05) is 20.1 Å². The minimum Gasteiger partial charge on any atom is -0.480 e. The van der Waals surface area contributed by atoms with Crippen LogP contribution in [0.1, 0.15) is 84.5 Å². The number of nitrogens with one attached hydrogen (secondary N) is 2. The summed E-state index contributed by atoms with van der Waals surface area (Å²) in [6.07, 6.45) is 13.7. The van der Waals surface area contributed by atoms with E-state index < -0.39 is 11.9 Å². The van der Waals surface area contributed by atoms with Crippen molar-refractivity contribution in [3.63, 3.8) is 0 Å². The second-order valence-electron chi connectivity index (χ2n) is 6.91. The zero-order valence-electron chi connectivity index (χ0n) is 17.4. The summed E-state index contributed by atoms with van der Waals surface area (Å²) in [5.41, 5.74) is 0. The molecule has 4 N–H and O–H groups in total. The molecule has 0 aliphatic carbocycles. The molecule has 0 saturated carbocycles. The predicted molar refractivity (Wildman–Crippen MR) is 108 cm³/mol. The molecular weight excluding hydrogens is 348 g/mol. The summed E-state index contributed by atoms with van der Waals surface area (Å²) in [6, 6.07) is 0. The molecule has 0 saturated heterocycles. The Hall–Kier alpha value is -1.63. The lowest BCUT2D eigenvalue weighted by Crippen LogP contribution is -2.33. The SMILES string of the molecule is CCCCCCCCCCCCC(C)C(=O)NCC(=O)O.CNCC(=O)O. The number of hydrogen-bond acceptors (Lipinski definition) is 4. The summed E-state index contributed by atoms with van der Waals surface area (Å²) < 4.78 is 0. The van der Waals surface area contributed by atoms with Crippen LogP contribution in [0.2, 0.25) is 0 Å². The van der Waals surface area contributed by atoms with Crippen molar-refractivity contribution in [1.82, 2.24) is 10.6 Å². The zero-order chi connectivity index (χ0) is 20.9. The Bertz CT molecular complexity index is 389. The molecule has 0 aromatic rings. The van der Waals surface area contributed by atoms with Gasteiger partial charge in [-0.15, -0.1) is 0 Å². The third-order valence-corrected chi connectivity index (χ3v) is 4.18. The van der Waals surface area contributed by atoms with Crippen molar-refractivity contribution in [1.29, 1.82) is 0 Å². The van der Waals surface area contributed by atoms with Crippen molar-refractivity contribution >= 4 is 17.8 Å². The van der Waals surface area contributed by atoms with Gasteiger partial charge in [-0.05, 0) is 13.5 Å². The molecule has 0 heterocycles. The first-order valence-corrected chi connectivity index (χ1v) is 10.2. The summed E-state index contributed by atoms with van der Waals surface area (Å²) in [5.74, 6) is -2.04. The lowest BCUT2D eigenvalue weighted by atomic mass is 10.0. The van der Waals surface area contributed by atoms with E-state index in [1.54, 1.807) is 7.05 Å². The number of rotatable bonds is 16. The van der Waals surface area contributed by atoms with E-state index in [2.05, 4.69) is 17.6 Å². The lowest BCUT2D eigenvalue weighted by molar-refractivity contribution is -0.138. The van der Waals surface area contributed by atoms with Gasteiger partial charge in [0.25, 0.3) is 0 Å². The van der Waals surface area contributed by atoms with Crippen molar-refractivity contribution in [2.24, 2.45) is 5.92 Å². The second-order valence-corrected chi connectivity index (χ2v) is 6.91. The van der Waals surface area contributed by atoms with Gasteiger partial charge in [0.15, 0.2) is 0 Å². The highest BCUT2D eigenvalue weighted by atomic mass is 16.4. The van der Waals surface area contributed by atoms with Crippen molar-refractivity contribution in [3.05, 3.63) is 0 Å². The first-order valence-electron chi connectivity index (χ1n) is 10.2. The molecule has 0 fully saturated rings. The number of carbonyl (C=O) groups excluding carboxylic acids is 1. The molecule has 0 rings (SSSR count). The van der Waals surface area contributed by atoms with E-state index in [1.807, 2.05) is 6.92 Å². The third kappa shape index (κ3) is 24.4. The summed E-state index contributed by atoms with van der Waals surface area (Å²) in [7, 11) is 1.59. The molecule has 0 aliphatic rings. The molecule has 1 unspecified atom stereocenters. The Morgan fingerprint density at radius 1 is 0.778 bits per heavy atom. The fourth-order valence-electron chi connectivity index (χ4n) is 2.56. The average molecular weight is 389 g/mol. The minimum absolute atomic E-state index is 0.0417. The molecule has 1 atom stereocenters. The Kier molecular flexibility index (Phi) is 21.1. The van der Waals surface area contributed by atoms with E-state index in [1.165, 1.54) is 57.8 Å². The Morgan fingerprint density at radius 2 is 1.22 bits per heavy atom. The molecule has 7 nitrogen and oxygen atoms in total. The molecule has 0 radical (unpaired) electrons. The van der Waals surface area contributed by atoms with Crippen LogP contribution in [0, 0.1) is 5.92 Å². The molecule has 0 aromatic carbocycles. The van der Waals surface area contributed by atoms with Gasteiger partial charge in [-0.3, -0.25) is 14.4 Å². The van der Waals surface area contributed by atoms with Gasteiger partial charge in [0, 0.05) is 5.92 Å². The number of carboxylic acids is 2. The van der Waals surface area contributed by atoms with Gasteiger partial charge in [0.05, 0.1) is 6.54 Å². The van der Waals surface area contributed by atoms with Crippen LogP contribution in [0.3, 0.4) is 0 Å². The number of hydrogen-bond donors (Lipinski definition) is 4. The Morgan fingerprint density at radius 3 is 1.59 bits per heavy atom. The molecule has 160 valence electrons. The minimum atomic E-state index is -0.991. The number of unbranched alkanes of at least 4 members (excludes halogenated alkanes) is 9. The van der Waals surface area contributed by atoms with Crippen LogP contribution < -0.4 is 10.6 Å². The van der Waals surface area contributed by atoms with E-state index in [9.17, 15) is 14.4 Å². The molecule has 7 heteroatoms. The van der Waals surface area contributed by atoms with E-state index in [0.717, 1.165) is 12.8 Å². The third-order valence-electron chi connectivity index (χ3n) is 4.18. The second kappa shape index (κ2) is 20.7. The quantitative estimate of drug-likeness (QED) is 0.301. The van der Waals surface area contributed by atoms with Gasteiger partial charge in [-0.1, -0.05) is 78.1 Å². The van der Waals surface area contributed by atoms with E-state index >= 15 is 0 Å². The number of carbonyl (C=O) groups is 3. The Labute approximate surface area is 164 Å². The van der Waals surface area contributed by atoms with Gasteiger partial charge in [0.1, 0.15) is 6.54 Å². The van der Waals surface area contributed by atoms with E-state index in [0.29, 0.717) is 0 Å². The Balaban J connectivity index is 0. The number of aliphatic carboxylic acids is 2. The van der Waals surface area contributed by atoms with Gasteiger partial charge >= 0.3 is 11.9 Å². The van der Waals surface area contributed by atoms with Crippen LogP contribution in [-0.4, -0.2) is 48.2 Å². The van der Waals surface area contributed by atoms with Gasteiger partial charge in [-0.2, -0.15) is 0 Å². The highest BCUT2D eigenvalue weighted by Gasteiger charge is 2.12.